The number of benzene rings is 1. The molecule has 0 saturated heterocycles. The van der Waals surface area contributed by atoms with E-state index in [1.54, 1.807) is 18.2 Å². The third-order valence-corrected chi connectivity index (χ3v) is 7.31. The van der Waals surface area contributed by atoms with Crippen molar-refractivity contribution < 1.29 is 60.0 Å². The van der Waals surface area contributed by atoms with Crippen molar-refractivity contribution in [1.29, 1.82) is 0 Å². The maximum absolute atomic E-state index is 12.0. The molecule has 0 unspecified atom stereocenters. The van der Waals surface area contributed by atoms with Gasteiger partial charge in [-0.25, -0.2) is 0 Å². The minimum atomic E-state index is -3.75. The molecule has 270 valence electrons. The monoisotopic (exact) mass is 682 g/mol. The number of hydrogen-bond acceptors (Lipinski definition) is 13. The number of rotatable bonds is 37. The Labute approximate surface area is 276 Å². The van der Waals surface area contributed by atoms with E-state index in [2.05, 4.69) is 6.92 Å². The Kier molecular flexibility index (Phi) is 31.3. The van der Waals surface area contributed by atoms with Crippen LogP contribution in [0.2, 0.25) is 0 Å². The summed E-state index contributed by atoms with van der Waals surface area (Å²) in [6.07, 6.45) is 4.87. The number of unbranched alkanes of at least 4 members (excludes halogenated alkanes) is 3. The molecular formula is C32H58O13S. The SMILES string of the molecule is CCCCCCOCCOCCOCCOCCOCCOCCOCCOCCOCCOCCOS(=O)(=O)c1ccccc1. The first kappa shape index (κ1) is 42.8. The first-order valence-corrected chi connectivity index (χ1v) is 17.8. The van der Waals surface area contributed by atoms with Gasteiger partial charge in [-0.1, -0.05) is 44.4 Å². The fourth-order valence-corrected chi connectivity index (χ4v) is 4.48. The molecule has 0 aliphatic rings. The highest BCUT2D eigenvalue weighted by Crippen LogP contribution is 2.10. The van der Waals surface area contributed by atoms with Crippen LogP contribution >= 0.6 is 0 Å². The van der Waals surface area contributed by atoms with E-state index in [0.717, 1.165) is 13.0 Å². The van der Waals surface area contributed by atoms with Gasteiger partial charge in [-0.05, 0) is 18.6 Å². The lowest BCUT2D eigenvalue weighted by Crippen LogP contribution is -2.15. The number of hydrogen-bond donors (Lipinski definition) is 0. The fraction of sp³-hybridized carbons (Fsp3) is 0.812. The van der Waals surface area contributed by atoms with Crippen molar-refractivity contribution in [3.8, 4) is 0 Å². The van der Waals surface area contributed by atoms with Gasteiger partial charge >= 0.3 is 0 Å². The number of ether oxygens (including phenoxy) is 10. The molecule has 1 rings (SSSR count). The van der Waals surface area contributed by atoms with E-state index in [1.165, 1.54) is 31.4 Å². The second-order valence-corrected chi connectivity index (χ2v) is 11.4. The Hall–Kier alpha value is -1.27. The minimum absolute atomic E-state index is 0.0559. The van der Waals surface area contributed by atoms with Crippen LogP contribution in [-0.2, 0) is 61.7 Å². The summed E-state index contributed by atoms with van der Waals surface area (Å²) in [4.78, 5) is 0.122. The zero-order valence-corrected chi connectivity index (χ0v) is 28.6. The van der Waals surface area contributed by atoms with E-state index in [1.807, 2.05) is 0 Å². The molecule has 0 radical (unpaired) electrons. The van der Waals surface area contributed by atoms with Crippen LogP contribution in [0.4, 0.5) is 0 Å². The van der Waals surface area contributed by atoms with Crippen molar-refractivity contribution >= 4 is 10.1 Å². The highest BCUT2D eigenvalue weighted by Gasteiger charge is 2.13. The highest BCUT2D eigenvalue weighted by molar-refractivity contribution is 7.86. The van der Waals surface area contributed by atoms with Crippen LogP contribution in [0.15, 0.2) is 35.2 Å². The van der Waals surface area contributed by atoms with Crippen LogP contribution in [0.3, 0.4) is 0 Å². The lowest BCUT2D eigenvalue weighted by atomic mass is 10.2. The van der Waals surface area contributed by atoms with E-state index in [0.29, 0.717) is 119 Å². The molecule has 0 aliphatic carbocycles. The van der Waals surface area contributed by atoms with Crippen LogP contribution in [0.5, 0.6) is 0 Å². The molecule has 0 atom stereocenters. The molecule has 0 saturated carbocycles. The summed E-state index contributed by atoms with van der Waals surface area (Å²) in [5.74, 6) is 0. The lowest BCUT2D eigenvalue weighted by Gasteiger charge is -2.09. The standard InChI is InChI=1S/C32H58O13S/c1-2-3-4-8-11-35-12-13-36-14-15-37-16-17-38-18-19-39-20-21-40-22-23-41-24-25-42-26-27-43-28-29-44-30-31-45-46(33,34)32-9-6-5-7-10-32/h5-7,9-10H,2-4,8,11-31H2,1H3. The van der Waals surface area contributed by atoms with Crippen molar-refractivity contribution in [3.05, 3.63) is 30.3 Å². The van der Waals surface area contributed by atoms with Gasteiger partial charge in [0.1, 0.15) is 0 Å². The summed E-state index contributed by atoms with van der Waals surface area (Å²) in [5, 5.41) is 0. The zero-order chi connectivity index (χ0) is 33.1. The van der Waals surface area contributed by atoms with Crippen LogP contribution < -0.4 is 0 Å². The maximum atomic E-state index is 12.0. The first-order chi connectivity index (χ1) is 22.7. The van der Waals surface area contributed by atoms with Crippen molar-refractivity contribution in [3.63, 3.8) is 0 Å². The molecule has 0 N–H and O–H groups in total. The van der Waals surface area contributed by atoms with Gasteiger partial charge in [-0.15, -0.1) is 0 Å². The van der Waals surface area contributed by atoms with Gasteiger partial charge in [-0.3, -0.25) is 4.18 Å². The fourth-order valence-electron chi connectivity index (χ4n) is 3.57. The smallest absolute Gasteiger partial charge is 0.297 e. The van der Waals surface area contributed by atoms with Gasteiger partial charge in [0.15, 0.2) is 0 Å². The Morgan fingerprint density at radius 1 is 0.391 bits per heavy atom. The molecule has 14 heteroatoms. The van der Waals surface area contributed by atoms with E-state index in [-0.39, 0.29) is 18.1 Å². The maximum Gasteiger partial charge on any atom is 0.297 e. The average Bonchev–Trinajstić information content (AvgIpc) is 3.07. The van der Waals surface area contributed by atoms with Gasteiger partial charge in [-0.2, -0.15) is 8.42 Å². The molecule has 0 aliphatic heterocycles. The third kappa shape index (κ3) is 28.9. The molecule has 13 nitrogen and oxygen atoms in total. The quantitative estimate of drug-likeness (QED) is 0.0752. The summed E-state index contributed by atoms with van der Waals surface area (Å²) >= 11 is 0. The van der Waals surface area contributed by atoms with Crippen LogP contribution in [0, 0.1) is 0 Å². The topological polar surface area (TPSA) is 136 Å². The van der Waals surface area contributed by atoms with Gasteiger partial charge in [0.25, 0.3) is 10.1 Å². The second-order valence-electron chi connectivity index (χ2n) is 9.77. The Morgan fingerprint density at radius 3 is 1.02 bits per heavy atom. The summed E-state index contributed by atoms with van der Waals surface area (Å²) in [7, 11) is -3.75. The predicted molar refractivity (Wildman–Crippen MR) is 172 cm³/mol. The van der Waals surface area contributed by atoms with E-state index in [9.17, 15) is 8.42 Å². The van der Waals surface area contributed by atoms with E-state index < -0.39 is 10.1 Å². The average molecular weight is 683 g/mol. The lowest BCUT2D eigenvalue weighted by molar-refractivity contribution is -0.0267. The third-order valence-electron chi connectivity index (χ3n) is 5.99. The van der Waals surface area contributed by atoms with Gasteiger partial charge in [0.05, 0.1) is 137 Å². The Morgan fingerprint density at radius 2 is 0.696 bits per heavy atom. The molecule has 0 aromatic heterocycles. The summed E-state index contributed by atoms with van der Waals surface area (Å²) in [5.41, 5.74) is 0. The first-order valence-electron chi connectivity index (χ1n) is 16.4. The van der Waals surface area contributed by atoms with E-state index in [4.69, 9.17) is 51.6 Å². The molecule has 1 aromatic carbocycles. The predicted octanol–water partition coefficient (Wildman–Crippen LogP) is 3.14. The highest BCUT2D eigenvalue weighted by atomic mass is 32.2. The summed E-state index contributed by atoms with van der Waals surface area (Å²) in [6.45, 7) is 12.0. The summed E-state index contributed by atoms with van der Waals surface area (Å²) in [6, 6.07) is 7.99. The Balaban J connectivity index is 1.66. The van der Waals surface area contributed by atoms with Crippen molar-refractivity contribution in [2.75, 3.05) is 139 Å². The van der Waals surface area contributed by atoms with Crippen molar-refractivity contribution in [2.24, 2.45) is 0 Å². The van der Waals surface area contributed by atoms with Gasteiger partial charge < -0.3 is 47.4 Å². The molecule has 0 amide bonds. The molecule has 0 fully saturated rings. The molecule has 0 spiro atoms. The molecule has 0 heterocycles. The minimum Gasteiger partial charge on any atom is -0.379 e. The summed E-state index contributed by atoms with van der Waals surface area (Å²) < 4.78 is 83.4. The zero-order valence-electron chi connectivity index (χ0n) is 27.8. The largest absolute Gasteiger partial charge is 0.379 e. The molecule has 46 heavy (non-hydrogen) atoms. The van der Waals surface area contributed by atoms with Crippen LogP contribution in [0.1, 0.15) is 32.6 Å². The van der Waals surface area contributed by atoms with Crippen molar-refractivity contribution in [2.45, 2.75) is 37.5 Å². The van der Waals surface area contributed by atoms with Gasteiger partial charge in [0.2, 0.25) is 0 Å². The normalized spacial score (nSPS) is 11.8. The molecular weight excluding hydrogens is 624 g/mol. The van der Waals surface area contributed by atoms with Gasteiger partial charge in [0, 0.05) is 6.61 Å². The second kappa shape index (κ2) is 33.6. The Bertz CT molecular complexity index is 846. The molecule has 1 aromatic rings. The van der Waals surface area contributed by atoms with E-state index >= 15 is 0 Å². The molecule has 0 bridgehead atoms. The van der Waals surface area contributed by atoms with Crippen LogP contribution in [-0.4, -0.2) is 147 Å². The van der Waals surface area contributed by atoms with Crippen LogP contribution in [0.25, 0.3) is 0 Å². The van der Waals surface area contributed by atoms with Crippen molar-refractivity contribution in [1.82, 2.24) is 0 Å².